The lowest BCUT2D eigenvalue weighted by atomic mass is 9.82. The first-order valence-electron chi connectivity index (χ1n) is 9.16. The fourth-order valence-corrected chi connectivity index (χ4v) is 5.31. The van der Waals surface area contributed by atoms with E-state index < -0.39 is 5.97 Å². The minimum atomic E-state index is -0.832. The molecule has 136 valence electrons. The molecule has 4 rings (SSSR count). The van der Waals surface area contributed by atoms with Crippen LogP contribution in [0.15, 0.2) is 36.4 Å². The number of hydrogen-bond acceptors (Lipinski definition) is 4. The second kappa shape index (κ2) is 7.19. The number of fused-ring (bicyclic) bond motifs is 1. The number of carbonyl (C=O) groups is 2. The van der Waals surface area contributed by atoms with Crippen molar-refractivity contribution in [3.63, 3.8) is 0 Å². The van der Waals surface area contributed by atoms with Gasteiger partial charge in [-0.15, -0.1) is 11.3 Å². The number of thiazole rings is 1. The van der Waals surface area contributed by atoms with Crippen molar-refractivity contribution >= 4 is 33.4 Å². The van der Waals surface area contributed by atoms with Crippen molar-refractivity contribution in [3.05, 3.63) is 41.4 Å². The molecule has 2 aromatic rings. The van der Waals surface area contributed by atoms with E-state index >= 15 is 0 Å². The Morgan fingerprint density at radius 3 is 2.85 bits per heavy atom. The highest BCUT2D eigenvalue weighted by Gasteiger charge is 2.39. The van der Waals surface area contributed by atoms with Crippen molar-refractivity contribution in [1.29, 1.82) is 0 Å². The van der Waals surface area contributed by atoms with Gasteiger partial charge in [-0.05, 0) is 37.8 Å². The van der Waals surface area contributed by atoms with Gasteiger partial charge in [0, 0.05) is 18.5 Å². The van der Waals surface area contributed by atoms with Gasteiger partial charge in [0.1, 0.15) is 0 Å². The minimum Gasteiger partial charge on any atom is -0.481 e. The Kier molecular flexibility index (Phi) is 4.76. The number of hydrogen-bond donors (Lipinski definition) is 1. The molecule has 2 aliphatic rings. The largest absolute Gasteiger partial charge is 0.481 e. The number of carbonyl (C=O) groups excluding carboxylic acids is 1. The first-order valence-corrected chi connectivity index (χ1v) is 9.98. The summed E-state index contributed by atoms with van der Waals surface area (Å²) in [4.78, 5) is 31.0. The molecule has 1 N–H and O–H groups in total. The third-order valence-corrected chi connectivity index (χ3v) is 6.62. The van der Waals surface area contributed by atoms with Crippen LogP contribution in [-0.4, -0.2) is 39.5 Å². The number of benzene rings is 1. The number of amides is 1. The fraction of sp³-hybridized carbons (Fsp3) is 0.450. The van der Waals surface area contributed by atoms with Crippen LogP contribution in [0.5, 0.6) is 0 Å². The number of likely N-dealkylation sites (tertiary alicyclic amines) is 1. The molecular weight excluding hydrogens is 348 g/mol. The molecular formula is C20H22N2O3S. The van der Waals surface area contributed by atoms with Crippen molar-refractivity contribution < 1.29 is 14.7 Å². The molecule has 1 aliphatic carbocycles. The van der Waals surface area contributed by atoms with Crippen LogP contribution in [0.3, 0.4) is 0 Å². The first kappa shape index (κ1) is 17.2. The number of aromatic nitrogens is 1. The molecule has 1 amide bonds. The van der Waals surface area contributed by atoms with Crippen LogP contribution < -0.4 is 0 Å². The third kappa shape index (κ3) is 3.26. The molecule has 0 radical (unpaired) electrons. The Morgan fingerprint density at radius 1 is 1.23 bits per heavy atom. The summed E-state index contributed by atoms with van der Waals surface area (Å²) in [6.45, 7) is 0.670. The van der Waals surface area contributed by atoms with Gasteiger partial charge in [0.05, 0.1) is 27.6 Å². The summed E-state index contributed by atoms with van der Waals surface area (Å²) < 4.78 is 1.15. The summed E-state index contributed by atoms with van der Waals surface area (Å²) in [7, 11) is 0. The smallest absolute Gasteiger partial charge is 0.305 e. The van der Waals surface area contributed by atoms with Crippen molar-refractivity contribution in [2.75, 3.05) is 6.54 Å². The standard InChI is InChI=1S/C20H22N2O3S/c23-18(24)12-13-6-5-11-22(13)20(25)15-8-2-1-7-14(15)19-21-16-9-3-4-10-17(16)26-19/h1-4,9-10,13-15H,5-8,11-12H2,(H,23,24). The zero-order valence-corrected chi connectivity index (χ0v) is 15.3. The predicted octanol–water partition coefficient (Wildman–Crippen LogP) is 3.81. The zero-order chi connectivity index (χ0) is 18.1. The molecule has 1 aromatic carbocycles. The minimum absolute atomic E-state index is 0.0418. The number of carboxylic acids is 1. The maximum absolute atomic E-state index is 13.3. The molecule has 6 heteroatoms. The van der Waals surface area contributed by atoms with Gasteiger partial charge in [-0.1, -0.05) is 24.3 Å². The second-order valence-electron chi connectivity index (χ2n) is 7.10. The van der Waals surface area contributed by atoms with Crippen LogP contribution >= 0.6 is 11.3 Å². The van der Waals surface area contributed by atoms with E-state index in [-0.39, 0.29) is 30.2 Å². The zero-order valence-electron chi connectivity index (χ0n) is 14.5. The average molecular weight is 370 g/mol. The molecule has 2 heterocycles. The van der Waals surface area contributed by atoms with Gasteiger partial charge in [0.25, 0.3) is 0 Å². The molecule has 3 unspecified atom stereocenters. The monoisotopic (exact) mass is 370 g/mol. The summed E-state index contributed by atoms with van der Waals surface area (Å²) in [6.07, 6.45) is 7.45. The van der Waals surface area contributed by atoms with Crippen LogP contribution in [0.25, 0.3) is 10.2 Å². The van der Waals surface area contributed by atoms with Crippen molar-refractivity contribution in [3.8, 4) is 0 Å². The Bertz CT molecular complexity index is 827. The summed E-state index contributed by atoms with van der Waals surface area (Å²) >= 11 is 1.67. The van der Waals surface area contributed by atoms with Crippen molar-refractivity contribution in [1.82, 2.24) is 9.88 Å². The molecule has 1 fully saturated rings. The number of carboxylic acid groups (broad SMARTS) is 1. The van der Waals surface area contributed by atoms with Gasteiger partial charge in [0.2, 0.25) is 5.91 Å². The molecule has 1 saturated heterocycles. The lowest BCUT2D eigenvalue weighted by Crippen LogP contribution is -2.42. The van der Waals surface area contributed by atoms with Gasteiger partial charge in [-0.3, -0.25) is 9.59 Å². The molecule has 1 aliphatic heterocycles. The summed E-state index contributed by atoms with van der Waals surface area (Å²) in [5.74, 6) is -0.797. The van der Waals surface area contributed by atoms with Gasteiger partial charge >= 0.3 is 5.97 Å². The van der Waals surface area contributed by atoms with Gasteiger partial charge in [-0.25, -0.2) is 4.98 Å². The predicted molar refractivity (Wildman–Crippen MR) is 101 cm³/mol. The molecule has 0 bridgehead atoms. The lowest BCUT2D eigenvalue weighted by Gasteiger charge is -2.32. The van der Waals surface area contributed by atoms with E-state index in [4.69, 9.17) is 10.1 Å². The highest BCUT2D eigenvalue weighted by Crippen LogP contribution is 2.40. The normalized spacial score (nSPS) is 25.7. The molecule has 26 heavy (non-hydrogen) atoms. The summed E-state index contributed by atoms with van der Waals surface area (Å²) in [5.41, 5.74) is 0.984. The second-order valence-corrected chi connectivity index (χ2v) is 8.16. The highest BCUT2D eigenvalue weighted by molar-refractivity contribution is 7.18. The number of aliphatic carboxylic acids is 1. The Balaban J connectivity index is 1.60. The van der Waals surface area contributed by atoms with Crippen LogP contribution in [0, 0.1) is 5.92 Å². The fourth-order valence-electron chi connectivity index (χ4n) is 4.16. The van der Waals surface area contributed by atoms with Crippen LogP contribution in [0.1, 0.15) is 43.0 Å². The van der Waals surface area contributed by atoms with Crippen LogP contribution in [-0.2, 0) is 9.59 Å². The Labute approximate surface area is 156 Å². The van der Waals surface area contributed by atoms with E-state index in [0.29, 0.717) is 13.0 Å². The first-order chi connectivity index (χ1) is 12.6. The maximum atomic E-state index is 13.3. The topological polar surface area (TPSA) is 70.5 Å². The van der Waals surface area contributed by atoms with E-state index in [1.165, 1.54) is 0 Å². The highest BCUT2D eigenvalue weighted by atomic mass is 32.1. The van der Waals surface area contributed by atoms with Crippen molar-refractivity contribution in [2.24, 2.45) is 5.92 Å². The van der Waals surface area contributed by atoms with Gasteiger partial charge in [-0.2, -0.15) is 0 Å². The molecule has 0 spiro atoms. The molecule has 1 aromatic heterocycles. The lowest BCUT2D eigenvalue weighted by molar-refractivity contribution is -0.141. The van der Waals surface area contributed by atoms with E-state index in [0.717, 1.165) is 34.5 Å². The molecule has 3 atom stereocenters. The average Bonchev–Trinajstić information content (AvgIpc) is 3.27. The number of para-hydroxylation sites is 1. The Hall–Kier alpha value is -2.21. The Morgan fingerprint density at radius 2 is 2.04 bits per heavy atom. The van der Waals surface area contributed by atoms with E-state index in [2.05, 4.69) is 18.2 Å². The van der Waals surface area contributed by atoms with Gasteiger partial charge in [0.15, 0.2) is 0 Å². The number of allylic oxidation sites excluding steroid dienone is 2. The third-order valence-electron chi connectivity index (χ3n) is 5.45. The SMILES string of the molecule is O=C(O)CC1CCCN1C(=O)C1CC=CCC1c1nc2ccccc2s1. The van der Waals surface area contributed by atoms with E-state index in [1.54, 1.807) is 11.3 Å². The van der Waals surface area contributed by atoms with E-state index in [1.807, 2.05) is 23.1 Å². The van der Waals surface area contributed by atoms with Gasteiger partial charge < -0.3 is 10.0 Å². The van der Waals surface area contributed by atoms with Crippen molar-refractivity contribution in [2.45, 2.75) is 44.1 Å². The quantitative estimate of drug-likeness (QED) is 0.831. The number of rotatable bonds is 4. The molecule has 0 saturated carbocycles. The molecule has 5 nitrogen and oxygen atoms in total. The summed E-state index contributed by atoms with van der Waals surface area (Å²) in [5, 5.41) is 10.2. The summed E-state index contributed by atoms with van der Waals surface area (Å²) in [6, 6.07) is 7.90. The number of nitrogens with zero attached hydrogens (tertiary/aromatic N) is 2. The van der Waals surface area contributed by atoms with Crippen LogP contribution in [0.2, 0.25) is 0 Å². The van der Waals surface area contributed by atoms with E-state index in [9.17, 15) is 9.59 Å². The van der Waals surface area contributed by atoms with Crippen LogP contribution in [0.4, 0.5) is 0 Å². The maximum Gasteiger partial charge on any atom is 0.305 e.